The second-order valence-electron chi connectivity index (χ2n) is 3.57. The number of likely N-dealkylation sites (N-methyl/N-ethyl adjacent to an activating group) is 1. The third-order valence-corrected chi connectivity index (χ3v) is 2.48. The predicted octanol–water partition coefficient (Wildman–Crippen LogP) is -0.808. The van der Waals surface area contributed by atoms with Crippen molar-refractivity contribution in [3.8, 4) is 0 Å². The zero-order chi connectivity index (χ0) is 11.4. The summed E-state index contributed by atoms with van der Waals surface area (Å²) in [5.74, 6) is -0.869. The van der Waals surface area contributed by atoms with Crippen LogP contribution in [-0.2, 0) is 9.59 Å². The number of carbonyl (C=O) groups excluding carboxylic acids is 2. The number of piperazine rings is 1. The average Bonchev–Trinajstić information content (AvgIpc) is 2.25. The van der Waals surface area contributed by atoms with E-state index in [4.69, 9.17) is 5.73 Å². The largest absolute Gasteiger partial charge is 0.333 e. The molecule has 0 atom stereocenters. The molecule has 0 spiro atoms. The molecule has 2 N–H and O–H groups in total. The van der Waals surface area contributed by atoms with Crippen LogP contribution in [0.3, 0.4) is 0 Å². The van der Waals surface area contributed by atoms with Crippen molar-refractivity contribution in [1.29, 1.82) is 0 Å². The first-order chi connectivity index (χ1) is 7.10. The molecular weight excluding hydrogens is 194 g/mol. The fourth-order valence-corrected chi connectivity index (χ4v) is 1.50. The molecule has 0 radical (unpaired) electrons. The number of hydrogen-bond acceptors (Lipinski definition) is 3. The van der Waals surface area contributed by atoms with E-state index in [1.54, 1.807) is 4.90 Å². The van der Waals surface area contributed by atoms with E-state index in [-0.39, 0.29) is 0 Å². The quantitative estimate of drug-likeness (QED) is 0.488. The molecule has 0 aliphatic carbocycles. The fraction of sp³-hybridized carbons (Fsp3) is 0.600. The maximum Gasteiger partial charge on any atom is 0.312 e. The van der Waals surface area contributed by atoms with Crippen LogP contribution in [0.4, 0.5) is 0 Å². The van der Waals surface area contributed by atoms with Crippen molar-refractivity contribution in [2.75, 3.05) is 32.7 Å². The van der Waals surface area contributed by atoms with Crippen molar-refractivity contribution in [2.24, 2.45) is 5.73 Å². The first-order valence-electron chi connectivity index (χ1n) is 5.05. The van der Waals surface area contributed by atoms with Gasteiger partial charge in [0.05, 0.1) is 0 Å². The van der Waals surface area contributed by atoms with Gasteiger partial charge in [-0.2, -0.15) is 0 Å². The number of amides is 2. The molecule has 1 fully saturated rings. The van der Waals surface area contributed by atoms with Gasteiger partial charge >= 0.3 is 11.8 Å². The fourth-order valence-electron chi connectivity index (χ4n) is 1.50. The summed E-state index contributed by atoms with van der Waals surface area (Å²) in [6.45, 7) is 8.06. The summed E-state index contributed by atoms with van der Waals surface area (Å²) < 4.78 is 0. The lowest BCUT2D eigenvalue weighted by Gasteiger charge is -2.33. The molecule has 0 bridgehead atoms. The Morgan fingerprint density at radius 2 is 1.87 bits per heavy atom. The summed E-state index contributed by atoms with van der Waals surface area (Å²) in [5.41, 5.74) is 6.15. The average molecular weight is 211 g/mol. The van der Waals surface area contributed by atoms with Gasteiger partial charge in [-0.15, -0.1) is 0 Å². The maximum atomic E-state index is 11.6. The van der Waals surface area contributed by atoms with Gasteiger partial charge in [0.25, 0.3) is 0 Å². The number of carbonyl (C=O) groups is 2. The maximum absolute atomic E-state index is 11.6. The number of rotatable bonds is 4. The molecular formula is C10H17N3O2. The summed E-state index contributed by atoms with van der Waals surface area (Å²) >= 11 is 0. The van der Waals surface area contributed by atoms with Crippen LogP contribution < -0.4 is 5.73 Å². The van der Waals surface area contributed by atoms with Gasteiger partial charge in [-0.05, 0) is 12.5 Å². The lowest BCUT2D eigenvalue weighted by atomic mass is 10.2. The topological polar surface area (TPSA) is 66.6 Å². The van der Waals surface area contributed by atoms with Gasteiger partial charge in [-0.1, -0.05) is 6.58 Å². The van der Waals surface area contributed by atoms with Crippen LogP contribution in [0.5, 0.6) is 0 Å². The third-order valence-electron chi connectivity index (χ3n) is 2.48. The Morgan fingerprint density at radius 1 is 1.33 bits per heavy atom. The first kappa shape index (κ1) is 11.7. The van der Waals surface area contributed by atoms with Crippen molar-refractivity contribution >= 4 is 11.8 Å². The molecule has 0 unspecified atom stereocenters. The Kier molecular flexibility index (Phi) is 3.85. The van der Waals surface area contributed by atoms with E-state index in [0.29, 0.717) is 32.7 Å². The minimum absolute atomic E-state index is 0.343. The van der Waals surface area contributed by atoms with E-state index in [1.165, 1.54) is 4.90 Å². The lowest BCUT2D eigenvalue weighted by molar-refractivity contribution is -0.155. The molecule has 0 aromatic heterocycles. The summed E-state index contributed by atoms with van der Waals surface area (Å²) in [4.78, 5) is 26.2. The van der Waals surface area contributed by atoms with E-state index >= 15 is 0 Å². The van der Waals surface area contributed by atoms with Crippen LogP contribution in [0.15, 0.2) is 12.2 Å². The minimum atomic E-state index is -0.447. The van der Waals surface area contributed by atoms with Crippen LogP contribution in [-0.4, -0.2) is 54.3 Å². The van der Waals surface area contributed by atoms with E-state index in [9.17, 15) is 9.59 Å². The molecule has 84 valence electrons. The zero-order valence-corrected chi connectivity index (χ0v) is 9.03. The van der Waals surface area contributed by atoms with Gasteiger partial charge in [0.15, 0.2) is 0 Å². The summed E-state index contributed by atoms with van der Waals surface area (Å²) in [5, 5.41) is 0. The van der Waals surface area contributed by atoms with Crippen molar-refractivity contribution in [2.45, 2.75) is 6.92 Å². The van der Waals surface area contributed by atoms with Crippen LogP contribution in [0.1, 0.15) is 6.92 Å². The molecule has 1 heterocycles. The molecule has 2 amide bonds. The number of nitrogens with zero attached hydrogens (tertiary/aromatic N) is 2. The first-order valence-corrected chi connectivity index (χ1v) is 5.05. The Hall–Kier alpha value is -1.36. The predicted molar refractivity (Wildman–Crippen MR) is 57.0 cm³/mol. The van der Waals surface area contributed by atoms with Crippen LogP contribution >= 0.6 is 0 Å². The van der Waals surface area contributed by atoms with E-state index in [2.05, 4.69) is 6.58 Å². The van der Waals surface area contributed by atoms with Crippen LogP contribution in [0, 0.1) is 0 Å². The van der Waals surface area contributed by atoms with E-state index < -0.39 is 11.8 Å². The third kappa shape index (κ3) is 2.56. The Labute approximate surface area is 89.5 Å². The number of hydrogen-bond donors (Lipinski definition) is 1. The summed E-state index contributed by atoms with van der Waals surface area (Å²) in [6, 6.07) is 0. The van der Waals surface area contributed by atoms with E-state index in [1.807, 2.05) is 6.92 Å². The standard InChI is InChI=1S/C10H17N3O2/c1-3-12-4-5-13(7-8(2)6-11)10(15)9(12)14/h2-7,11H2,1H3. The van der Waals surface area contributed by atoms with Gasteiger partial charge < -0.3 is 15.5 Å². The van der Waals surface area contributed by atoms with Crippen molar-refractivity contribution in [3.05, 3.63) is 12.2 Å². The molecule has 0 aromatic carbocycles. The SMILES string of the molecule is C=C(CN)CN1CCN(CC)C(=O)C1=O. The van der Waals surface area contributed by atoms with Crippen LogP contribution in [0.2, 0.25) is 0 Å². The second-order valence-corrected chi connectivity index (χ2v) is 3.57. The Bertz CT molecular complexity index is 288. The zero-order valence-electron chi connectivity index (χ0n) is 9.03. The van der Waals surface area contributed by atoms with Crippen molar-refractivity contribution in [3.63, 3.8) is 0 Å². The van der Waals surface area contributed by atoms with Crippen molar-refractivity contribution < 1.29 is 9.59 Å². The summed E-state index contributed by atoms with van der Waals surface area (Å²) in [6.07, 6.45) is 0. The lowest BCUT2D eigenvalue weighted by Crippen LogP contribution is -2.54. The molecule has 0 saturated carbocycles. The Morgan fingerprint density at radius 3 is 2.40 bits per heavy atom. The highest BCUT2D eigenvalue weighted by molar-refractivity contribution is 6.35. The van der Waals surface area contributed by atoms with Gasteiger partial charge in [0.2, 0.25) is 0 Å². The summed E-state index contributed by atoms with van der Waals surface area (Å²) in [7, 11) is 0. The van der Waals surface area contributed by atoms with Gasteiger partial charge in [-0.3, -0.25) is 9.59 Å². The molecule has 15 heavy (non-hydrogen) atoms. The van der Waals surface area contributed by atoms with Crippen molar-refractivity contribution in [1.82, 2.24) is 9.80 Å². The highest BCUT2D eigenvalue weighted by Crippen LogP contribution is 2.06. The molecule has 1 aliphatic heterocycles. The molecule has 1 rings (SSSR count). The Balaban J connectivity index is 2.61. The minimum Gasteiger partial charge on any atom is -0.333 e. The molecule has 1 saturated heterocycles. The van der Waals surface area contributed by atoms with E-state index in [0.717, 1.165) is 5.57 Å². The molecule has 5 heteroatoms. The monoisotopic (exact) mass is 211 g/mol. The van der Waals surface area contributed by atoms with Crippen LogP contribution in [0.25, 0.3) is 0 Å². The highest BCUT2D eigenvalue weighted by atomic mass is 16.2. The molecule has 5 nitrogen and oxygen atoms in total. The number of nitrogens with two attached hydrogens (primary N) is 1. The van der Waals surface area contributed by atoms with Gasteiger partial charge in [0, 0.05) is 32.7 Å². The van der Waals surface area contributed by atoms with Gasteiger partial charge in [-0.25, -0.2) is 0 Å². The normalized spacial score (nSPS) is 17.2. The molecule has 0 aromatic rings. The highest BCUT2D eigenvalue weighted by Gasteiger charge is 2.31. The molecule has 1 aliphatic rings. The van der Waals surface area contributed by atoms with Gasteiger partial charge in [0.1, 0.15) is 0 Å². The second kappa shape index (κ2) is 4.93. The smallest absolute Gasteiger partial charge is 0.312 e.